The molecule has 2 rings (SSSR count). The Hall–Kier alpha value is -1.38. The van der Waals surface area contributed by atoms with Crippen LogP contribution in [0.3, 0.4) is 0 Å². The van der Waals surface area contributed by atoms with Gasteiger partial charge in [-0.3, -0.25) is 4.79 Å². The second kappa shape index (κ2) is 5.94. The molecule has 0 aliphatic heterocycles. The number of nitriles is 1. The minimum atomic E-state index is -0.417. The van der Waals surface area contributed by atoms with Crippen LogP contribution in [0.25, 0.3) is 0 Å². The lowest BCUT2D eigenvalue weighted by molar-refractivity contribution is -0.143. The molecule has 2 N–H and O–H groups in total. The normalized spacial score (nSPS) is 17.1. The van der Waals surface area contributed by atoms with Gasteiger partial charge in [0.2, 0.25) is 0 Å². The van der Waals surface area contributed by atoms with Gasteiger partial charge in [-0.05, 0) is 43.0 Å². The molecule has 0 radical (unpaired) electrons. The van der Waals surface area contributed by atoms with Crippen molar-refractivity contribution in [3.63, 3.8) is 0 Å². The molecular formula is C15H17BrN2O2. The Morgan fingerprint density at radius 1 is 1.55 bits per heavy atom. The first-order chi connectivity index (χ1) is 9.50. The summed E-state index contributed by atoms with van der Waals surface area (Å²) < 4.78 is 5.79. The molecule has 0 saturated heterocycles. The third kappa shape index (κ3) is 3.20. The van der Waals surface area contributed by atoms with E-state index in [9.17, 15) is 10.1 Å². The van der Waals surface area contributed by atoms with E-state index in [0.717, 1.165) is 28.4 Å². The molecule has 0 amide bonds. The van der Waals surface area contributed by atoms with Crippen molar-refractivity contribution in [2.75, 3.05) is 6.61 Å². The molecule has 0 spiro atoms. The Balaban J connectivity index is 2.20. The molecule has 1 aromatic rings. The van der Waals surface area contributed by atoms with Crippen molar-refractivity contribution in [2.24, 2.45) is 5.73 Å². The molecule has 1 unspecified atom stereocenters. The monoisotopic (exact) mass is 336 g/mol. The first-order valence-corrected chi connectivity index (χ1v) is 7.43. The third-order valence-electron chi connectivity index (χ3n) is 3.56. The number of esters is 1. The Labute approximate surface area is 127 Å². The molecule has 106 valence electrons. The molecule has 1 aliphatic carbocycles. The van der Waals surface area contributed by atoms with Gasteiger partial charge in [0.05, 0.1) is 24.5 Å². The smallest absolute Gasteiger partial charge is 0.307 e. The fraction of sp³-hybridized carbons (Fsp3) is 0.467. The Morgan fingerprint density at radius 2 is 2.25 bits per heavy atom. The number of nitrogens with zero attached hydrogens (tertiary/aromatic N) is 1. The zero-order chi connectivity index (χ0) is 14.8. The largest absolute Gasteiger partial charge is 0.466 e. The van der Waals surface area contributed by atoms with E-state index in [-0.39, 0.29) is 17.8 Å². The maximum Gasteiger partial charge on any atom is 0.307 e. The van der Waals surface area contributed by atoms with E-state index in [4.69, 9.17) is 10.5 Å². The lowest BCUT2D eigenvalue weighted by atomic mass is 9.93. The highest BCUT2D eigenvalue weighted by molar-refractivity contribution is 9.10. The van der Waals surface area contributed by atoms with Crippen LogP contribution in [0, 0.1) is 11.3 Å². The van der Waals surface area contributed by atoms with E-state index >= 15 is 0 Å². The van der Waals surface area contributed by atoms with E-state index in [1.807, 2.05) is 18.2 Å². The van der Waals surface area contributed by atoms with Gasteiger partial charge >= 0.3 is 5.97 Å². The topological polar surface area (TPSA) is 76.1 Å². The Morgan fingerprint density at radius 3 is 2.80 bits per heavy atom. The van der Waals surface area contributed by atoms with Crippen molar-refractivity contribution in [3.8, 4) is 6.07 Å². The van der Waals surface area contributed by atoms with Gasteiger partial charge in [-0.1, -0.05) is 22.0 Å². The highest BCUT2D eigenvalue weighted by atomic mass is 79.9. The van der Waals surface area contributed by atoms with Crippen LogP contribution in [-0.4, -0.2) is 12.6 Å². The highest BCUT2D eigenvalue weighted by Gasteiger charge is 2.45. The summed E-state index contributed by atoms with van der Waals surface area (Å²) in [6, 6.07) is 7.73. The zero-order valence-corrected chi connectivity index (χ0v) is 12.9. The molecule has 0 aromatic heterocycles. The molecule has 1 aliphatic rings. The predicted molar refractivity (Wildman–Crippen MR) is 78.8 cm³/mol. The van der Waals surface area contributed by atoms with Gasteiger partial charge in [-0.25, -0.2) is 0 Å². The second-order valence-corrected chi connectivity index (χ2v) is 6.00. The van der Waals surface area contributed by atoms with Gasteiger partial charge in [0.1, 0.15) is 0 Å². The van der Waals surface area contributed by atoms with Gasteiger partial charge in [0, 0.05) is 10.5 Å². The van der Waals surface area contributed by atoms with Crippen molar-refractivity contribution < 1.29 is 9.53 Å². The number of ether oxygens (including phenoxy) is 1. The molecule has 5 heteroatoms. The van der Waals surface area contributed by atoms with Gasteiger partial charge in [0.15, 0.2) is 0 Å². The first kappa shape index (κ1) is 15.0. The highest BCUT2D eigenvalue weighted by Crippen LogP contribution is 2.48. The van der Waals surface area contributed by atoms with E-state index in [0.29, 0.717) is 6.61 Å². The van der Waals surface area contributed by atoms with Gasteiger partial charge in [0.25, 0.3) is 0 Å². The average Bonchev–Trinajstić information content (AvgIpc) is 3.19. The molecular weight excluding hydrogens is 320 g/mol. The van der Waals surface area contributed by atoms with Crippen LogP contribution in [0.4, 0.5) is 0 Å². The molecule has 0 bridgehead atoms. The molecule has 1 saturated carbocycles. The summed E-state index contributed by atoms with van der Waals surface area (Å²) in [5, 5.41) is 9.28. The SMILES string of the molecule is CCOC(=O)CC(N)c1cc(Br)cc(C2(C#N)CC2)c1. The Kier molecular flexibility index (Phi) is 4.46. The van der Waals surface area contributed by atoms with Crippen LogP contribution < -0.4 is 5.73 Å². The number of carbonyl (C=O) groups excluding carboxylic acids is 1. The summed E-state index contributed by atoms with van der Waals surface area (Å²) in [5.74, 6) is -0.303. The maximum absolute atomic E-state index is 11.5. The van der Waals surface area contributed by atoms with Crippen LogP contribution in [0.1, 0.15) is 43.4 Å². The summed E-state index contributed by atoms with van der Waals surface area (Å²) >= 11 is 3.45. The lowest BCUT2D eigenvalue weighted by Crippen LogP contribution is -2.18. The van der Waals surface area contributed by atoms with E-state index in [1.54, 1.807) is 6.92 Å². The fourth-order valence-corrected chi connectivity index (χ4v) is 2.72. The van der Waals surface area contributed by atoms with Crippen molar-refractivity contribution in [2.45, 2.75) is 37.6 Å². The standard InChI is InChI=1S/C15H17BrN2O2/c1-2-20-14(19)8-13(18)10-5-11(7-12(16)6-10)15(9-17)3-4-15/h5-7,13H,2-4,8,18H2,1H3. The fourth-order valence-electron chi connectivity index (χ4n) is 2.21. The molecule has 0 heterocycles. The van der Waals surface area contributed by atoms with Crippen molar-refractivity contribution in [1.82, 2.24) is 0 Å². The summed E-state index contributed by atoms with van der Waals surface area (Å²) in [7, 11) is 0. The summed E-state index contributed by atoms with van der Waals surface area (Å²) in [6.07, 6.45) is 1.91. The van der Waals surface area contributed by atoms with Gasteiger partial charge < -0.3 is 10.5 Å². The molecule has 1 atom stereocenters. The number of hydrogen-bond donors (Lipinski definition) is 1. The minimum Gasteiger partial charge on any atom is -0.466 e. The van der Waals surface area contributed by atoms with Crippen molar-refractivity contribution in [1.29, 1.82) is 5.26 Å². The van der Waals surface area contributed by atoms with Gasteiger partial charge in [-0.15, -0.1) is 0 Å². The maximum atomic E-state index is 11.5. The van der Waals surface area contributed by atoms with Crippen LogP contribution in [0.2, 0.25) is 0 Å². The molecule has 1 aromatic carbocycles. The summed E-state index contributed by atoms with van der Waals surface area (Å²) in [6.45, 7) is 2.12. The lowest BCUT2D eigenvalue weighted by Gasteiger charge is -2.15. The summed E-state index contributed by atoms with van der Waals surface area (Å²) in [5.41, 5.74) is 7.53. The number of benzene rings is 1. The van der Waals surface area contributed by atoms with Crippen LogP contribution >= 0.6 is 15.9 Å². The molecule has 1 fully saturated rings. The third-order valence-corrected chi connectivity index (χ3v) is 4.01. The van der Waals surface area contributed by atoms with E-state index < -0.39 is 6.04 Å². The molecule has 4 nitrogen and oxygen atoms in total. The van der Waals surface area contributed by atoms with Crippen LogP contribution in [0.15, 0.2) is 22.7 Å². The van der Waals surface area contributed by atoms with Gasteiger partial charge in [-0.2, -0.15) is 5.26 Å². The van der Waals surface area contributed by atoms with Crippen molar-refractivity contribution in [3.05, 3.63) is 33.8 Å². The minimum absolute atomic E-state index is 0.142. The number of halogens is 1. The number of carbonyl (C=O) groups is 1. The quantitative estimate of drug-likeness (QED) is 0.838. The predicted octanol–water partition coefficient (Wildman–Crippen LogP) is 2.96. The van der Waals surface area contributed by atoms with E-state index in [2.05, 4.69) is 22.0 Å². The average molecular weight is 337 g/mol. The first-order valence-electron chi connectivity index (χ1n) is 6.64. The number of hydrogen-bond acceptors (Lipinski definition) is 4. The number of nitrogens with two attached hydrogens (primary N) is 1. The number of rotatable bonds is 5. The second-order valence-electron chi connectivity index (χ2n) is 5.08. The summed E-state index contributed by atoms with van der Waals surface area (Å²) in [4.78, 5) is 11.5. The zero-order valence-electron chi connectivity index (χ0n) is 11.4. The van der Waals surface area contributed by atoms with E-state index in [1.165, 1.54) is 0 Å². The Bertz CT molecular complexity index is 561. The van der Waals surface area contributed by atoms with Crippen LogP contribution in [-0.2, 0) is 14.9 Å². The molecule has 20 heavy (non-hydrogen) atoms. The van der Waals surface area contributed by atoms with Crippen molar-refractivity contribution >= 4 is 21.9 Å². The van der Waals surface area contributed by atoms with Crippen LogP contribution in [0.5, 0.6) is 0 Å².